The third-order valence-corrected chi connectivity index (χ3v) is 2.86. The van der Waals surface area contributed by atoms with Crippen LogP contribution in [0, 0.1) is 5.41 Å². The summed E-state index contributed by atoms with van der Waals surface area (Å²) in [4.78, 5) is 10.5. The maximum absolute atomic E-state index is 10.5. The highest BCUT2D eigenvalue weighted by atomic mass is 16.5. The smallest absolute Gasteiger partial charge is 0.348 e. The van der Waals surface area contributed by atoms with Gasteiger partial charge in [0.1, 0.15) is 0 Å². The lowest BCUT2D eigenvalue weighted by molar-refractivity contribution is -0.166. The summed E-state index contributed by atoms with van der Waals surface area (Å²) < 4.78 is 5.19. The summed E-state index contributed by atoms with van der Waals surface area (Å²) in [5, 5.41) is 11.5. The number of hydrogen-bond acceptors (Lipinski definition) is 3. The molecule has 0 aromatic heterocycles. The first kappa shape index (κ1) is 8.01. The molecule has 1 saturated heterocycles. The van der Waals surface area contributed by atoms with E-state index in [0.29, 0.717) is 6.61 Å². The molecular weight excluding hydrogens is 158 g/mol. The van der Waals surface area contributed by atoms with Crippen molar-refractivity contribution >= 4 is 5.97 Å². The second-order valence-corrected chi connectivity index (χ2v) is 3.76. The summed E-state index contributed by atoms with van der Waals surface area (Å²) in [5.41, 5.74) is 0.270. The van der Waals surface area contributed by atoms with Gasteiger partial charge in [0.2, 0.25) is 6.23 Å². The van der Waals surface area contributed by atoms with Gasteiger partial charge in [-0.3, -0.25) is 5.32 Å². The Bertz CT molecular complexity index is 190. The standard InChI is InChI=1S/C8H13NO3/c10-7(11)6-9-4-8(5-12-6)2-1-3-8/h6,9H,1-5H2,(H,10,11). The molecule has 2 N–H and O–H groups in total. The number of nitrogens with one attached hydrogen (secondary N) is 1. The highest BCUT2D eigenvalue weighted by Crippen LogP contribution is 2.42. The molecule has 2 fully saturated rings. The highest BCUT2D eigenvalue weighted by molar-refractivity contribution is 5.71. The van der Waals surface area contributed by atoms with Gasteiger partial charge in [0.15, 0.2) is 0 Å². The van der Waals surface area contributed by atoms with E-state index in [0.717, 1.165) is 6.54 Å². The zero-order chi connectivity index (χ0) is 8.60. The van der Waals surface area contributed by atoms with Crippen molar-refractivity contribution in [2.45, 2.75) is 25.5 Å². The lowest BCUT2D eigenvalue weighted by Crippen LogP contribution is -2.55. The minimum atomic E-state index is -0.913. The third kappa shape index (κ3) is 1.21. The predicted molar refractivity (Wildman–Crippen MR) is 41.7 cm³/mol. The van der Waals surface area contributed by atoms with E-state index in [-0.39, 0.29) is 5.41 Å². The molecule has 0 radical (unpaired) electrons. The monoisotopic (exact) mass is 171 g/mol. The Morgan fingerprint density at radius 2 is 2.33 bits per heavy atom. The van der Waals surface area contributed by atoms with E-state index in [2.05, 4.69) is 5.32 Å². The Kier molecular flexibility index (Phi) is 1.81. The molecule has 68 valence electrons. The minimum absolute atomic E-state index is 0.270. The molecule has 0 aromatic rings. The van der Waals surface area contributed by atoms with E-state index < -0.39 is 12.2 Å². The van der Waals surface area contributed by atoms with Gasteiger partial charge in [-0.25, -0.2) is 4.79 Å². The number of carboxylic acids is 1. The van der Waals surface area contributed by atoms with Crippen LogP contribution in [0.2, 0.25) is 0 Å². The first-order valence-electron chi connectivity index (χ1n) is 4.30. The van der Waals surface area contributed by atoms with Gasteiger partial charge in [-0.1, -0.05) is 6.42 Å². The quantitative estimate of drug-likeness (QED) is 0.591. The van der Waals surface area contributed by atoms with Crippen LogP contribution < -0.4 is 5.32 Å². The predicted octanol–water partition coefficient (Wildman–Crippen LogP) is 0.187. The summed E-state index contributed by atoms with van der Waals surface area (Å²) in [6.07, 6.45) is 2.82. The van der Waals surface area contributed by atoms with Gasteiger partial charge in [-0.15, -0.1) is 0 Å². The summed E-state index contributed by atoms with van der Waals surface area (Å²) in [6.45, 7) is 1.40. The zero-order valence-corrected chi connectivity index (χ0v) is 6.88. The summed E-state index contributed by atoms with van der Waals surface area (Å²) in [6, 6.07) is 0. The van der Waals surface area contributed by atoms with Crippen molar-refractivity contribution in [3.63, 3.8) is 0 Å². The first-order chi connectivity index (χ1) is 5.72. The van der Waals surface area contributed by atoms with Crippen LogP contribution in [0.3, 0.4) is 0 Å². The van der Waals surface area contributed by atoms with Crippen molar-refractivity contribution in [3.8, 4) is 0 Å². The molecule has 1 aliphatic heterocycles. The number of carboxylic acid groups (broad SMARTS) is 1. The molecule has 12 heavy (non-hydrogen) atoms. The van der Waals surface area contributed by atoms with Crippen LogP contribution in [0.4, 0.5) is 0 Å². The van der Waals surface area contributed by atoms with E-state index in [1.807, 2.05) is 0 Å². The molecule has 2 rings (SSSR count). The number of ether oxygens (including phenoxy) is 1. The van der Waals surface area contributed by atoms with Crippen molar-refractivity contribution in [3.05, 3.63) is 0 Å². The van der Waals surface area contributed by atoms with Crippen LogP contribution in [-0.4, -0.2) is 30.5 Å². The molecule has 1 heterocycles. The Hall–Kier alpha value is -0.610. The van der Waals surface area contributed by atoms with E-state index >= 15 is 0 Å². The topological polar surface area (TPSA) is 58.6 Å². The van der Waals surface area contributed by atoms with Crippen LogP contribution in [-0.2, 0) is 9.53 Å². The van der Waals surface area contributed by atoms with Gasteiger partial charge >= 0.3 is 5.97 Å². The summed E-state index contributed by atoms with van der Waals surface area (Å²) in [7, 11) is 0. The lowest BCUT2D eigenvalue weighted by atomic mass is 9.69. The van der Waals surface area contributed by atoms with Crippen LogP contribution in [0.15, 0.2) is 0 Å². The molecule has 0 bridgehead atoms. The van der Waals surface area contributed by atoms with Gasteiger partial charge in [-0.05, 0) is 12.8 Å². The summed E-state index contributed by atoms with van der Waals surface area (Å²) >= 11 is 0. The third-order valence-electron chi connectivity index (χ3n) is 2.86. The number of carbonyl (C=O) groups is 1. The molecule has 2 aliphatic rings. The van der Waals surface area contributed by atoms with Crippen LogP contribution >= 0.6 is 0 Å². The van der Waals surface area contributed by atoms with Gasteiger partial charge < -0.3 is 9.84 Å². The van der Waals surface area contributed by atoms with Gasteiger partial charge in [0.05, 0.1) is 6.61 Å². The largest absolute Gasteiger partial charge is 0.478 e. The van der Waals surface area contributed by atoms with Crippen molar-refractivity contribution in [1.82, 2.24) is 5.32 Å². The highest BCUT2D eigenvalue weighted by Gasteiger charge is 2.42. The van der Waals surface area contributed by atoms with E-state index in [1.165, 1.54) is 19.3 Å². The molecule has 1 atom stereocenters. The first-order valence-corrected chi connectivity index (χ1v) is 4.30. The Balaban J connectivity index is 1.88. The average Bonchev–Trinajstić information content (AvgIpc) is 2.02. The molecule has 1 unspecified atom stereocenters. The second-order valence-electron chi connectivity index (χ2n) is 3.76. The van der Waals surface area contributed by atoms with Crippen LogP contribution in [0.5, 0.6) is 0 Å². The van der Waals surface area contributed by atoms with Crippen molar-refractivity contribution in [2.24, 2.45) is 5.41 Å². The lowest BCUT2D eigenvalue weighted by Gasteiger charge is -2.46. The van der Waals surface area contributed by atoms with Crippen LogP contribution in [0.25, 0.3) is 0 Å². The van der Waals surface area contributed by atoms with Crippen molar-refractivity contribution in [1.29, 1.82) is 0 Å². The van der Waals surface area contributed by atoms with Gasteiger partial charge in [0, 0.05) is 12.0 Å². The van der Waals surface area contributed by atoms with E-state index in [9.17, 15) is 4.79 Å². The molecule has 4 heteroatoms. The van der Waals surface area contributed by atoms with Gasteiger partial charge in [-0.2, -0.15) is 0 Å². The molecule has 1 spiro atoms. The second kappa shape index (κ2) is 2.71. The fourth-order valence-electron chi connectivity index (χ4n) is 1.84. The number of hydrogen-bond donors (Lipinski definition) is 2. The Morgan fingerprint density at radius 1 is 1.58 bits per heavy atom. The molecule has 4 nitrogen and oxygen atoms in total. The summed E-state index contributed by atoms with van der Waals surface area (Å²) in [5.74, 6) is -0.913. The fourth-order valence-corrected chi connectivity index (χ4v) is 1.84. The maximum atomic E-state index is 10.5. The van der Waals surface area contributed by atoms with Crippen molar-refractivity contribution in [2.75, 3.05) is 13.2 Å². The van der Waals surface area contributed by atoms with Crippen molar-refractivity contribution < 1.29 is 14.6 Å². The van der Waals surface area contributed by atoms with E-state index in [1.54, 1.807) is 0 Å². The van der Waals surface area contributed by atoms with E-state index in [4.69, 9.17) is 9.84 Å². The number of rotatable bonds is 1. The fraction of sp³-hybridized carbons (Fsp3) is 0.875. The van der Waals surface area contributed by atoms with Crippen LogP contribution in [0.1, 0.15) is 19.3 Å². The molecule has 1 saturated carbocycles. The Labute approximate surface area is 70.9 Å². The molecule has 0 aromatic carbocycles. The van der Waals surface area contributed by atoms with Gasteiger partial charge in [0.25, 0.3) is 0 Å². The minimum Gasteiger partial charge on any atom is -0.478 e. The SMILES string of the molecule is O=C(O)C1NCC2(CCC2)CO1. The number of aliphatic carboxylic acids is 1. The average molecular weight is 171 g/mol. The molecular formula is C8H13NO3. The molecule has 0 amide bonds. The Morgan fingerprint density at radius 3 is 2.67 bits per heavy atom. The maximum Gasteiger partial charge on any atom is 0.348 e. The molecule has 1 aliphatic carbocycles. The normalized spacial score (nSPS) is 32.8. The zero-order valence-electron chi connectivity index (χ0n) is 6.88.